The third kappa shape index (κ3) is 3.45. The summed E-state index contributed by atoms with van der Waals surface area (Å²) in [7, 11) is 6.21. The predicted octanol–water partition coefficient (Wildman–Crippen LogP) is 3.41. The van der Waals surface area contributed by atoms with Gasteiger partial charge in [0.05, 0.1) is 26.7 Å². The van der Waals surface area contributed by atoms with Gasteiger partial charge in [0, 0.05) is 6.07 Å². The fraction of sp³-hybridized carbons (Fsp3) is 0.235. The maximum atomic E-state index is 12.1. The Balaban J connectivity index is 2.18. The van der Waals surface area contributed by atoms with Crippen LogP contribution in [0.2, 0.25) is 0 Å². The fourth-order valence-electron chi connectivity index (χ4n) is 1.82. The Morgan fingerprint density at radius 1 is 1.00 bits per heavy atom. The second-order valence-electron chi connectivity index (χ2n) is 5.77. The molecule has 0 spiro atoms. The van der Waals surface area contributed by atoms with Crippen LogP contribution in [-0.4, -0.2) is 27.1 Å². The van der Waals surface area contributed by atoms with Crippen LogP contribution in [0.3, 0.4) is 0 Å². The van der Waals surface area contributed by atoms with Gasteiger partial charge in [-0.1, -0.05) is 23.8 Å². The maximum Gasteiger partial charge on any atom is 0.343 e. The highest BCUT2D eigenvalue weighted by atomic mass is 16.5. The summed E-state index contributed by atoms with van der Waals surface area (Å²) in [4.78, 5) is 12.1. The van der Waals surface area contributed by atoms with Gasteiger partial charge in [-0.25, -0.2) is 4.79 Å². The monoisotopic (exact) mass is 270 g/mol. The van der Waals surface area contributed by atoms with Gasteiger partial charge in [-0.15, -0.1) is 0 Å². The number of esters is 1. The van der Waals surface area contributed by atoms with Crippen LogP contribution in [0.5, 0.6) is 5.75 Å². The third-order valence-electron chi connectivity index (χ3n) is 3.09. The summed E-state index contributed by atoms with van der Waals surface area (Å²) in [5.74, 6) is 0.240. The molecular weight excluding hydrogens is 250 g/mol. The van der Waals surface area contributed by atoms with Crippen LogP contribution >= 0.6 is 0 Å². The maximum absolute atomic E-state index is 12.1. The van der Waals surface area contributed by atoms with Gasteiger partial charge in [0.15, 0.2) is 0 Å². The molecule has 3 heteroatoms. The average Bonchev–Trinajstić information content (AvgIpc) is 2.38. The molecule has 2 aromatic carbocycles. The number of ether oxygens (including phenoxy) is 1. The quantitative estimate of drug-likeness (QED) is 0.485. The van der Waals surface area contributed by atoms with E-state index in [1.807, 2.05) is 37.3 Å². The molecule has 104 valence electrons. The molecular formula is C17H20NO2+. The lowest BCUT2D eigenvalue weighted by Gasteiger charge is -2.23. The van der Waals surface area contributed by atoms with E-state index in [9.17, 15) is 4.79 Å². The summed E-state index contributed by atoms with van der Waals surface area (Å²) in [6, 6.07) is 15.0. The van der Waals surface area contributed by atoms with Gasteiger partial charge < -0.3 is 4.74 Å². The highest BCUT2D eigenvalue weighted by Crippen LogP contribution is 2.23. The average molecular weight is 270 g/mol. The smallest absolute Gasteiger partial charge is 0.343 e. The van der Waals surface area contributed by atoms with Crippen molar-refractivity contribution in [2.24, 2.45) is 0 Å². The van der Waals surface area contributed by atoms with Crippen molar-refractivity contribution in [3.63, 3.8) is 0 Å². The van der Waals surface area contributed by atoms with Gasteiger partial charge in [0.1, 0.15) is 11.4 Å². The SMILES string of the molecule is Cc1ccc(C(=O)Oc2cccc([N+](C)(C)C)c2)cc1. The van der Waals surface area contributed by atoms with Gasteiger partial charge in [0.2, 0.25) is 0 Å². The molecule has 0 unspecified atom stereocenters. The van der Waals surface area contributed by atoms with E-state index in [2.05, 4.69) is 21.1 Å². The minimum atomic E-state index is -0.330. The normalized spacial score (nSPS) is 11.2. The van der Waals surface area contributed by atoms with Crippen molar-refractivity contribution in [3.8, 4) is 5.75 Å². The molecule has 0 aliphatic carbocycles. The van der Waals surface area contributed by atoms with Gasteiger partial charge in [-0.3, -0.25) is 4.48 Å². The number of benzene rings is 2. The highest BCUT2D eigenvalue weighted by Gasteiger charge is 2.14. The second-order valence-corrected chi connectivity index (χ2v) is 5.77. The number of carbonyl (C=O) groups is 1. The van der Waals surface area contributed by atoms with Crippen molar-refractivity contribution in [2.45, 2.75) is 6.92 Å². The molecule has 0 aromatic heterocycles. The van der Waals surface area contributed by atoms with Gasteiger partial charge in [-0.05, 0) is 31.2 Å². The first-order valence-corrected chi connectivity index (χ1v) is 6.57. The second kappa shape index (κ2) is 5.47. The van der Waals surface area contributed by atoms with Gasteiger partial charge >= 0.3 is 5.97 Å². The molecule has 0 aliphatic heterocycles. The fourth-order valence-corrected chi connectivity index (χ4v) is 1.82. The van der Waals surface area contributed by atoms with E-state index in [-0.39, 0.29) is 5.97 Å². The van der Waals surface area contributed by atoms with E-state index >= 15 is 0 Å². The number of hydrogen-bond donors (Lipinski definition) is 0. The van der Waals surface area contributed by atoms with E-state index in [0.29, 0.717) is 15.8 Å². The zero-order valence-electron chi connectivity index (χ0n) is 12.4. The highest BCUT2D eigenvalue weighted by molar-refractivity contribution is 5.91. The van der Waals surface area contributed by atoms with E-state index in [1.54, 1.807) is 18.2 Å². The molecule has 2 aromatic rings. The lowest BCUT2D eigenvalue weighted by Crippen LogP contribution is -2.34. The Labute approximate surface area is 120 Å². The molecule has 3 nitrogen and oxygen atoms in total. The number of aryl methyl sites for hydroxylation is 1. The molecule has 0 saturated carbocycles. The zero-order valence-corrected chi connectivity index (χ0v) is 12.4. The van der Waals surface area contributed by atoms with Crippen LogP contribution < -0.4 is 9.22 Å². The van der Waals surface area contributed by atoms with Crippen LogP contribution in [0, 0.1) is 6.92 Å². The van der Waals surface area contributed by atoms with Crippen molar-refractivity contribution in [1.82, 2.24) is 4.48 Å². The molecule has 0 fully saturated rings. The van der Waals surface area contributed by atoms with Crippen LogP contribution in [0.25, 0.3) is 0 Å². The number of nitrogens with zero attached hydrogens (tertiary/aromatic N) is 1. The Bertz CT molecular complexity index is 610. The minimum Gasteiger partial charge on any atom is -0.423 e. The Kier molecular flexibility index (Phi) is 3.91. The van der Waals surface area contributed by atoms with Crippen molar-refractivity contribution in [1.29, 1.82) is 0 Å². The Hall–Kier alpha value is -2.13. The summed E-state index contributed by atoms with van der Waals surface area (Å²) in [5.41, 5.74) is 2.76. The van der Waals surface area contributed by atoms with Gasteiger partial charge in [0.25, 0.3) is 0 Å². The molecule has 0 saturated heterocycles. The van der Waals surface area contributed by atoms with E-state index in [1.165, 1.54) is 0 Å². The molecule has 20 heavy (non-hydrogen) atoms. The van der Waals surface area contributed by atoms with Crippen molar-refractivity contribution < 1.29 is 9.53 Å². The molecule has 0 atom stereocenters. The number of quaternary nitrogens is 1. The number of hydrogen-bond acceptors (Lipinski definition) is 2. The summed E-state index contributed by atoms with van der Waals surface area (Å²) < 4.78 is 6.10. The molecule has 0 bridgehead atoms. The first-order chi connectivity index (χ1) is 9.36. The third-order valence-corrected chi connectivity index (χ3v) is 3.09. The summed E-state index contributed by atoms with van der Waals surface area (Å²) >= 11 is 0. The molecule has 0 heterocycles. The van der Waals surface area contributed by atoms with E-state index in [4.69, 9.17) is 4.74 Å². The van der Waals surface area contributed by atoms with Crippen LogP contribution in [0.1, 0.15) is 15.9 Å². The Morgan fingerprint density at radius 3 is 2.25 bits per heavy atom. The molecule has 0 amide bonds. The first-order valence-electron chi connectivity index (χ1n) is 6.57. The molecule has 2 rings (SSSR count). The number of carbonyl (C=O) groups excluding carboxylic acids is 1. The zero-order chi connectivity index (χ0) is 14.8. The van der Waals surface area contributed by atoms with Crippen molar-refractivity contribution in [3.05, 3.63) is 59.7 Å². The molecule has 0 N–H and O–H groups in total. The summed E-state index contributed by atoms with van der Waals surface area (Å²) in [5, 5.41) is 0. The van der Waals surface area contributed by atoms with Crippen LogP contribution in [-0.2, 0) is 0 Å². The molecule has 0 radical (unpaired) electrons. The summed E-state index contributed by atoms with van der Waals surface area (Å²) in [6.07, 6.45) is 0. The van der Waals surface area contributed by atoms with Crippen molar-refractivity contribution in [2.75, 3.05) is 21.1 Å². The van der Waals surface area contributed by atoms with Crippen LogP contribution in [0.15, 0.2) is 48.5 Å². The lowest BCUT2D eigenvalue weighted by atomic mass is 10.1. The first kappa shape index (κ1) is 14.3. The predicted molar refractivity (Wildman–Crippen MR) is 82.1 cm³/mol. The van der Waals surface area contributed by atoms with Crippen molar-refractivity contribution >= 4 is 11.7 Å². The number of rotatable bonds is 3. The largest absolute Gasteiger partial charge is 0.423 e. The van der Waals surface area contributed by atoms with Gasteiger partial charge in [-0.2, -0.15) is 0 Å². The molecule has 0 aliphatic rings. The van der Waals surface area contributed by atoms with E-state index < -0.39 is 0 Å². The minimum absolute atomic E-state index is 0.330. The van der Waals surface area contributed by atoms with E-state index in [0.717, 1.165) is 11.3 Å². The standard InChI is InChI=1S/C17H20NO2/c1-13-8-10-14(11-9-13)17(19)20-16-7-5-6-15(12-16)18(2,3)4/h5-12H,1-4H3/q+1. The topological polar surface area (TPSA) is 26.3 Å². The Morgan fingerprint density at radius 2 is 1.65 bits per heavy atom. The summed E-state index contributed by atoms with van der Waals surface area (Å²) in [6.45, 7) is 1.99. The van der Waals surface area contributed by atoms with Crippen LogP contribution in [0.4, 0.5) is 5.69 Å². The lowest BCUT2D eigenvalue weighted by molar-refractivity contribution is 0.0734.